The first-order valence-corrected chi connectivity index (χ1v) is 3.75. The van der Waals surface area contributed by atoms with Gasteiger partial charge in [0.2, 0.25) is 0 Å². The van der Waals surface area contributed by atoms with Crippen LogP contribution in [0.15, 0.2) is 24.3 Å². The number of hydrogen-bond donors (Lipinski definition) is 0. The van der Waals surface area contributed by atoms with Crippen molar-refractivity contribution in [3.63, 3.8) is 0 Å². The van der Waals surface area contributed by atoms with Gasteiger partial charge in [-0.1, -0.05) is 28.1 Å². The van der Waals surface area contributed by atoms with E-state index in [1.165, 1.54) is 12.1 Å². The molecule has 0 aliphatic carbocycles. The summed E-state index contributed by atoms with van der Waals surface area (Å²) < 4.78 is 12.2. The van der Waals surface area contributed by atoms with Gasteiger partial charge in [0.1, 0.15) is 5.82 Å². The second-order valence-corrected chi connectivity index (χ2v) is 2.32. The normalized spacial score (nSPS) is 8.60. The predicted molar refractivity (Wildman–Crippen MR) is 39.0 cm³/mol. The van der Waals surface area contributed by atoms with E-state index in [-0.39, 0.29) is 43.6 Å². The molecule has 1 aromatic carbocycles. The van der Waals surface area contributed by atoms with Gasteiger partial charge in [-0.2, -0.15) is 0 Å². The summed E-state index contributed by atoms with van der Waals surface area (Å²) in [5.41, 5.74) is 1.09. The molecular formula is C7H6ArBrF. The van der Waals surface area contributed by atoms with Gasteiger partial charge in [0.15, 0.2) is 0 Å². The van der Waals surface area contributed by atoms with Crippen LogP contribution in [0.5, 0.6) is 0 Å². The van der Waals surface area contributed by atoms with E-state index < -0.39 is 0 Å². The van der Waals surface area contributed by atoms with Crippen molar-refractivity contribution in [3.8, 4) is 0 Å². The van der Waals surface area contributed by atoms with Crippen molar-refractivity contribution >= 4 is 15.9 Å². The van der Waals surface area contributed by atoms with Gasteiger partial charge in [-0.3, -0.25) is 0 Å². The van der Waals surface area contributed by atoms with E-state index in [1.807, 2.05) is 0 Å². The van der Waals surface area contributed by atoms with Gasteiger partial charge in [-0.05, 0) is 17.7 Å². The first-order chi connectivity index (χ1) is 4.33. The minimum atomic E-state index is -0.181. The maximum absolute atomic E-state index is 12.2. The molecule has 0 saturated heterocycles. The van der Waals surface area contributed by atoms with Crippen LogP contribution in [-0.2, 0) is 5.33 Å². The van der Waals surface area contributed by atoms with Gasteiger partial charge in [0, 0.05) is 43.1 Å². The maximum Gasteiger partial charge on any atom is 0.123 e. The van der Waals surface area contributed by atoms with Crippen molar-refractivity contribution in [2.75, 3.05) is 0 Å². The fourth-order valence-electron chi connectivity index (χ4n) is 0.573. The number of rotatable bonds is 1. The van der Waals surface area contributed by atoms with Crippen molar-refractivity contribution < 1.29 is 42.1 Å². The van der Waals surface area contributed by atoms with Gasteiger partial charge in [0.05, 0.1) is 0 Å². The smallest absolute Gasteiger partial charge is 0.123 e. The number of hydrogen-bond acceptors (Lipinski definition) is 0. The molecule has 1 aromatic rings. The molecule has 0 atom stereocenters. The molecule has 0 saturated carbocycles. The standard InChI is InChI=1S/C7H6BrF.Ar/c8-5-6-1-3-7(9)4-2-6;/h1-4H,5H2;. The van der Waals surface area contributed by atoms with E-state index in [1.54, 1.807) is 12.1 Å². The van der Waals surface area contributed by atoms with E-state index in [9.17, 15) is 4.39 Å². The predicted octanol–water partition coefficient (Wildman–Crippen LogP) is 2.72. The Morgan fingerprint density at radius 1 is 1.20 bits per heavy atom. The third-order valence-corrected chi connectivity index (χ3v) is 1.72. The number of alkyl halides is 1. The molecule has 1 rings (SSSR count). The second-order valence-electron chi connectivity index (χ2n) is 1.76. The zero-order valence-electron chi connectivity index (χ0n) is 5.13. The first-order valence-electron chi connectivity index (χ1n) is 2.63. The van der Waals surface area contributed by atoms with Gasteiger partial charge in [-0.15, -0.1) is 0 Å². The zero-order valence-corrected chi connectivity index (χ0v) is 7.42. The van der Waals surface area contributed by atoms with Crippen LogP contribution >= 0.6 is 15.9 Å². The molecule has 0 fully saturated rings. The molecule has 0 aromatic heterocycles. The Kier molecular flexibility index (Phi) is 6.02. The minimum absolute atomic E-state index is 0. The number of halogens is 2. The van der Waals surface area contributed by atoms with E-state index in [0.29, 0.717) is 0 Å². The summed E-state index contributed by atoms with van der Waals surface area (Å²) in [5, 5.41) is 0.785. The Hall–Kier alpha value is 0.890. The monoisotopic (exact) mass is 228 g/mol. The van der Waals surface area contributed by atoms with Crippen LogP contribution in [0.25, 0.3) is 0 Å². The molecule has 10 heavy (non-hydrogen) atoms. The van der Waals surface area contributed by atoms with Crippen molar-refractivity contribution in [3.05, 3.63) is 35.6 Å². The van der Waals surface area contributed by atoms with E-state index in [2.05, 4.69) is 15.9 Å². The zero-order chi connectivity index (χ0) is 6.69. The molecule has 0 N–H and O–H groups in total. The fraction of sp³-hybridized carbons (Fsp3) is 0.143. The quantitative estimate of drug-likeness (QED) is 0.649. The topological polar surface area (TPSA) is 0 Å². The summed E-state index contributed by atoms with van der Waals surface area (Å²) in [7, 11) is 0. The summed E-state index contributed by atoms with van der Waals surface area (Å²) in [5.74, 6) is -0.181. The van der Waals surface area contributed by atoms with E-state index in [0.717, 1.165) is 10.9 Å². The third-order valence-electron chi connectivity index (χ3n) is 1.07. The summed E-state index contributed by atoms with van der Waals surface area (Å²) >= 11 is 3.26. The van der Waals surface area contributed by atoms with Crippen LogP contribution in [0.2, 0.25) is 0 Å². The van der Waals surface area contributed by atoms with E-state index in [4.69, 9.17) is 0 Å². The Labute approximate surface area is 97.9 Å². The van der Waals surface area contributed by atoms with Crippen LogP contribution < -0.4 is 0 Å². The van der Waals surface area contributed by atoms with Crippen LogP contribution in [0, 0.1) is 43.6 Å². The molecule has 0 unspecified atom stereocenters. The molecule has 0 aliphatic rings. The summed E-state index contributed by atoms with van der Waals surface area (Å²) in [6, 6.07) is 6.42. The Morgan fingerprint density at radius 2 is 1.70 bits per heavy atom. The fourth-order valence-corrected chi connectivity index (χ4v) is 0.947. The Bertz CT molecular complexity index is 185. The molecule has 0 heterocycles. The molecule has 0 spiro atoms. The van der Waals surface area contributed by atoms with Crippen LogP contribution in [0.3, 0.4) is 0 Å². The molecular weight excluding hydrogens is 223 g/mol. The minimum Gasteiger partial charge on any atom is -0.207 e. The molecule has 0 bridgehead atoms. The molecule has 56 valence electrons. The maximum atomic E-state index is 12.2. The summed E-state index contributed by atoms with van der Waals surface area (Å²) in [6.07, 6.45) is 0. The third kappa shape index (κ3) is 3.33. The van der Waals surface area contributed by atoms with Crippen molar-refractivity contribution in [2.24, 2.45) is 0 Å². The van der Waals surface area contributed by atoms with Crippen molar-refractivity contribution in [1.29, 1.82) is 0 Å². The number of benzene rings is 1. The van der Waals surface area contributed by atoms with Crippen LogP contribution in [-0.4, -0.2) is 0 Å². The van der Waals surface area contributed by atoms with Crippen LogP contribution in [0.1, 0.15) is 5.56 Å². The van der Waals surface area contributed by atoms with Crippen LogP contribution in [0.4, 0.5) is 4.39 Å². The van der Waals surface area contributed by atoms with Gasteiger partial charge < -0.3 is 0 Å². The van der Waals surface area contributed by atoms with Crippen molar-refractivity contribution in [2.45, 2.75) is 5.33 Å². The largest absolute Gasteiger partial charge is 0.207 e. The SMILES string of the molecule is Fc1ccc(CBr)cc1.[Ar]. The molecule has 3 heteroatoms. The second kappa shape index (κ2) is 5.53. The molecule has 0 aliphatic heterocycles. The molecule has 0 radical (unpaired) electrons. The van der Waals surface area contributed by atoms with E-state index >= 15 is 0 Å². The Balaban J connectivity index is 0.000000810. The average molecular weight is 229 g/mol. The molecule has 0 amide bonds. The average Bonchev–Trinajstić information content (AvgIpc) is 1.90. The van der Waals surface area contributed by atoms with Crippen molar-refractivity contribution in [1.82, 2.24) is 0 Å². The Morgan fingerprint density at radius 3 is 2.10 bits per heavy atom. The summed E-state index contributed by atoms with van der Waals surface area (Å²) in [4.78, 5) is 0. The van der Waals surface area contributed by atoms with Gasteiger partial charge in [-0.25, -0.2) is 4.39 Å². The van der Waals surface area contributed by atoms with Gasteiger partial charge in [0.25, 0.3) is 0 Å². The first kappa shape index (κ1) is 10.9. The van der Waals surface area contributed by atoms with Gasteiger partial charge >= 0.3 is 0 Å². The molecule has 0 nitrogen and oxygen atoms in total. The summed E-state index contributed by atoms with van der Waals surface area (Å²) in [6.45, 7) is 0.